The molecule has 3 heteroatoms. The largest absolute Gasteiger partial charge is 0.298 e. The highest BCUT2D eigenvalue weighted by Crippen LogP contribution is 2.24. The van der Waals surface area contributed by atoms with Crippen LogP contribution in [0, 0.1) is 0 Å². The van der Waals surface area contributed by atoms with Gasteiger partial charge < -0.3 is 0 Å². The molecule has 2 saturated heterocycles. The van der Waals surface area contributed by atoms with Crippen LogP contribution in [-0.4, -0.2) is 54.2 Å². The maximum Gasteiger partial charge on any atom is 0.103 e. The maximum atomic E-state index is 13.2. The summed E-state index contributed by atoms with van der Waals surface area (Å²) in [6.45, 7) is 12.8. The van der Waals surface area contributed by atoms with E-state index in [1.807, 2.05) is 13.8 Å². The van der Waals surface area contributed by atoms with E-state index in [2.05, 4.69) is 23.6 Å². The molecule has 2 rings (SSSR count). The predicted molar refractivity (Wildman–Crippen MR) is 67.5 cm³/mol. The van der Waals surface area contributed by atoms with Gasteiger partial charge in [-0.3, -0.25) is 9.80 Å². The molecule has 0 saturated carbocycles. The molecule has 0 aromatic carbocycles. The Morgan fingerprint density at radius 2 is 1.81 bits per heavy atom. The summed E-state index contributed by atoms with van der Waals surface area (Å²) in [5.74, 6) is 0. The molecule has 0 aliphatic carbocycles. The van der Waals surface area contributed by atoms with Gasteiger partial charge >= 0.3 is 0 Å². The van der Waals surface area contributed by atoms with Crippen molar-refractivity contribution in [3.63, 3.8) is 0 Å². The Balaban J connectivity index is 0.000000606. The van der Waals surface area contributed by atoms with Crippen molar-refractivity contribution < 1.29 is 4.39 Å². The van der Waals surface area contributed by atoms with Gasteiger partial charge in [-0.25, -0.2) is 4.39 Å². The molecule has 0 amide bonds. The third-order valence-electron chi connectivity index (χ3n) is 3.62. The molecule has 2 heterocycles. The van der Waals surface area contributed by atoms with Crippen LogP contribution in [0.25, 0.3) is 0 Å². The van der Waals surface area contributed by atoms with Gasteiger partial charge in [0.1, 0.15) is 6.17 Å². The van der Waals surface area contributed by atoms with Crippen LogP contribution in [0.1, 0.15) is 40.5 Å². The number of rotatable bonds is 1. The number of piperazine rings is 1. The lowest BCUT2D eigenvalue weighted by Crippen LogP contribution is -2.57. The lowest BCUT2D eigenvalue weighted by Gasteiger charge is -2.46. The molecule has 0 spiro atoms. The molecule has 2 nitrogen and oxygen atoms in total. The van der Waals surface area contributed by atoms with Crippen molar-refractivity contribution >= 4 is 0 Å². The van der Waals surface area contributed by atoms with Crippen LogP contribution in [0.2, 0.25) is 0 Å². The van der Waals surface area contributed by atoms with Gasteiger partial charge in [0, 0.05) is 38.3 Å². The molecule has 2 atom stereocenters. The first kappa shape index (κ1) is 13.9. The Labute approximate surface area is 99.8 Å². The Hall–Kier alpha value is -0.150. The normalized spacial score (nSPS) is 31.9. The fourth-order valence-electron chi connectivity index (χ4n) is 2.62. The lowest BCUT2D eigenvalue weighted by atomic mass is 9.97. The summed E-state index contributed by atoms with van der Waals surface area (Å²) in [5, 5.41) is 0. The van der Waals surface area contributed by atoms with Gasteiger partial charge in [0.15, 0.2) is 0 Å². The minimum Gasteiger partial charge on any atom is -0.298 e. The second-order valence-electron chi connectivity index (χ2n) is 4.90. The van der Waals surface area contributed by atoms with Crippen LogP contribution in [0.3, 0.4) is 0 Å². The Bertz CT molecular complexity index is 196. The minimum atomic E-state index is -0.552. The van der Waals surface area contributed by atoms with Gasteiger partial charge in [0.25, 0.3) is 0 Å². The quantitative estimate of drug-likeness (QED) is 0.683. The van der Waals surface area contributed by atoms with Crippen LogP contribution in [0.5, 0.6) is 0 Å². The Morgan fingerprint density at radius 1 is 1.12 bits per heavy atom. The van der Waals surface area contributed by atoms with Gasteiger partial charge in [-0.05, 0) is 26.7 Å². The van der Waals surface area contributed by atoms with Crippen LogP contribution < -0.4 is 0 Å². The van der Waals surface area contributed by atoms with Crippen molar-refractivity contribution in [1.29, 1.82) is 0 Å². The molecule has 96 valence electrons. The highest BCUT2D eigenvalue weighted by molar-refractivity contribution is 4.88. The third-order valence-corrected chi connectivity index (χ3v) is 3.62. The SMILES string of the molecule is CC.CC(C)N1CCN2CCC(F)CC2C1. The number of hydrogen-bond donors (Lipinski definition) is 0. The van der Waals surface area contributed by atoms with Crippen LogP contribution in [0.4, 0.5) is 4.39 Å². The van der Waals surface area contributed by atoms with Crippen molar-refractivity contribution in [3.05, 3.63) is 0 Å². The second-order valence-corrected chi connectivity index (χ2v) is 4.90. The van der Waals surface area contributed by atoms with Gasteiger partial charge in [0.2, 0.25) is 0 Å². The van der Waals surface area contributed by atoms with E-state index in [0.717, 1.165) is 39.0 Å². The standard InChI is InChI=1S/C11H21FN2.C2H6/c1-9(2)14-6-5-13-4-3-10(12)7-11(13)8-14;1-2/h9-11H,3-8H2,1-2H3;1-2H3. The molecule has 16 heavy (non-hydrogen) atoms. The molecular formula is C13H27FN2. The zero-order chi connectivity index (χ0) is 12.1. The number of nitrogens with zero attached hydrogens (tertiary/aromatic N) is 2. The molecule has 2 aliphatic rings. The van der Waals surface area contributed by atoms with Crippen molar-refractivity contribution in [2.24, 2.45) is 0 Å². The summed E-state index contributed by atoms with van der Waals surface area (Å²) in [7, 11) is 0. The Kier molecular flexibility index (Phi) is 5.70. The van der Waals surface area contributed by atoms with E-state index in [0.29, 0.717) is 12.1 Å². The zero-order valence-electron chi connectivity index (χ0n) is 11.2. The predicted octanol–water partition coefficient (Wildman–Crippen LogP) is 2.54. The smallest absolute Gasteiger partial charge is 0.103 e. The van der Waals surface area contributed by atoms with Crippen molar-refractivity contribution in [3.8, 4) is 0 Å². The van der Waals surface area contributed by atoms with E-state index in [9.17, 15) is 4.39 Å². The molecule has 0 bridgehead atoms. The van der Waals surface area contributed by atoms with Crippen LogP contribution in [-0.2, 0) is 0 Å². The highest BCUT2D eigenvalue weighted by Gasteiger charge is 2.33. The highest BCUT2D eigenvalue weighted by atomic mass is 19.1. The van der Waals surface area contributed by atoms with E-state index in [-0.39, 0.29) is 0 Å². The molecule has 0 N–H and O–H groups in total. The zero-order valence-corrected chi connectivity index (χ0v) is 11.2. The van der Waals surface area contributed by atoms with Crippen molar-refractivity contribution in [2.45, 2.75) is 58.8 Å². The number of hydrogen-bond acceptors (Lipinski definition) is 2. The lowest BCUT2D eigenvalue weighted by molar-refractivity contribution is 0.0103. The van der Waals surface area contributed by atoms with E-state index < -0.39 is 6.17 Å². The van der Waals surface area contributed by atoms with E-state index in [4.69, 9.17) is 0 Å². The van der Waals surface area contributed by atoms with Gasteiger partial charge in [-0.2, -0.15) is 0 Å². The average molecular weight is 230 g/mol. The third kappa shape index (κ3) is 3.42. The molecule has 2 fully saturated rings. The molecular weight excluding hydrogens is 203 g/mol. The second kappa shape index (κ2) is 6.55. The number of fused-ring (bicyclic) bond motifs is 1. The first-order valence-corrected chi connectivity index (χ1v) is 6.79. The van der Waals surface area contributed by atoms with E-state index in [1.165, 1.54) is 0 Å². The van der Waals surface area contributed by atoms with E-state index >= 15 is 0 Å². The summed E-state index contributed by atoms with van der Waals surface area (Å²) < 4.78 is 13.2. The van der Waals surface area contributed by atoms with Crippen molar-refractivity contribution in [1.82, 2.24) is 9.80 Å². The fourth-order valence-corrected chi connectivity index (χ4v) is 2.62. The molecule has 0 aromatic rings. The summed E-state index contributed by atoms with van der Waals surface area (Å²) >= 11 is 0. The first-order valence-electron chi connectivity index (χ1n) is 6.79. The fraction of sp³-hybridized carbons (Fsp3) is 1.00. The van der Waals surface area contributed by atoms with E-state index in [1.54, 1.807) is 0 Å². The maximum absolute atomic E-state index is 13.2. The summed E-state index contributed by atoms with van der Waals surface area (Å²) in [6.07, 6.45) is 0.949. The van der Waals surface area contributed by atoms with Crippen LogP contribution in [0.15, 0.2) is 0 Å². The van der Waals surface area contributed by atoms with Crippen LogP contribution >= 0.6 is 0 Å². The average Bonchev–Trinajstić information content (AvgIpc) is 2.30. The topological polar surface area (TPSA) is 6.48 Å². The number of alkyl halides is 1. The minimum absolute atomic E-state index is 0.481. The summed E-state index contributed by atoms with van der Waals surface area (Å²) in [5.41, 5.74) is 0. The first-order chi connectivity index (χ1) is 7.66. The van der Waals surface area contributed by atoms with Gasteiger partial charge in [0.05, 0.1) is 0 Å². The molecule has 0 aromatic heterocycles. The number of piperidine rings is 1. The van der Waals surface area contributed by atoms with Gasteiger partial charge in [-0.15, -0.1) is 0 Å². The summed E-state index contributed by atoms with van der Waals surface area (Å²) in [6, 6.07) is 1.09. The van der Waals surface area contributed by atoms with Crippen molar-refractivity contribution in [2.75, 3.05) is 26.2 Å². The monoisotopic (exact) mass is 230 g/mol. The number of halogens is 1. The summed E-state index contributed by atoms with van der Waals surface area (Å²) in [4.78, 5) is 4.94. The Morgan fingerprint density at radius 3 is 2.44 bits per heavy atom. The molecule has 0 radical (unpaired) electrons. The molecule has 2 aliphatic heterocycles. The van der Waals surface area contributed by atoms with Gasteiger partial charge in [-0.1, -0.05) is 13.8 Å². The molecule has 2 unspecified atom stereocenters.